The van der Waals surface area contributed by atoms with Crippen LogP contribution in [0.25, 0.3) is 0 Å². The van der Waals surface area contributed by atoms with Crippen LogP contribution in [0.2, 0.25) is 0 Å². The summed E-state index contributed by atoms with van der Waals surface area (Å²) in [6, 6.07) is 0. The van der Waals surface area contributed by atoms with E-state index in [2.05, 4.69) is 20.8 Å². The average Bonchev–Trinajstić information content (AvgIpc) is 2.01. The molecule has 0 saturated carbocycles. The second-order valence-electron chi connectivity index (χ2n) is 4.67. The van der Waals surface area contributed by atoms with E-state index in [0.29, 0.717) is 17.6 Å². The van der Waals surface area contributed by atoms with Crippen molar-refractivity contribution in [2.75, 3.05) is 0 Å². The van der Waals surface area contributed by atoms with Crippen molar-refractivity contribution in [1.82, 2.24) is 0 Å². The number of hydrogen-bond donors (Lipinski definition) is 0. The van der Waals surface area contributed by atoms with Gasteiger partial charge >= 0.3 is 0 Å². The summed E-state index contributed by atoms with van der Waals surface area (Å²) in [4.78, 5) is 11.8. The van der Waals surface area contributed by atoms with E-state index in [1.165, 1.54) is 0 Å². The maximum absolute atomic E-state index is 11.8. The van der Waals surface area contributed by atoms with Crippen LogP contribution in [0, 0.1) is 17.8 Å². The molecule has 0 rings (SSSR count). The summed E-state index contributed by atoms with van der Waals surface area (Å²) in [7, 11) is 0. The minimum absolute atomic E-state index is 0.204. The molecule has 0 aromatic heterocycles. The molecular weight excluding hydrogens is 160 g/mol. The van der Waals surface area contributed by atoms with Crippen LogP contribution in [-0.4, -0.2) is 5.78 Å². The molecular formula is C12H24O. The van der Waals surface area contributed by atoms with E-state index in [-0.39, 0.29) is 5.92 Å². The zero-order valence-corrected chi connectivity index (χ0v) is 9.76. The maximum atomic E-state index is 11.8. The van der Waals surface area contributed by atoms with Crippen LogP contribution in [0.15, 0.2) is 0 Å². The van der Waals surface area contributed by atoms with Gasteiger partial charge in [0.1, 0.15) is 5.78 Å². The van der Waals surface area contributed by atoms with E-state index < -0.39 is 0 Å². The number of carbonyl (C=O) groups is 1. The second-order valence-corrected chi connectivity index (χ2v) is 4.67. The highest BCUT2D eigenvalue weighted by Crippen LogP contribution is 2.21. The maximum Gasteiger partial charge on any atom is 0.138 e. The number of carbonyl (C=O) groups excluding carboxylic acids is 1. The first-order chi connectivity index (χ1) is 5.99. The van der Waals surface area contributed by atoms with E-state index in [0.717, 1.165) is 19.3 Å². The van der Waals surface area contributed by atoms with Gasteiger partial charge in [0.2, 0.25) is 0 Å². The van der Waals surface area contributed by atoms with Gasteiger partial charge in [-0.25, -0.2) is 0 Å². The first-order valence-electron chi connectivity index (χ1n) is 5.52. The molecule has 0 aliphatic heterocycles. The Bertz CT molecular complexity index is 147. The van der Waals surface area contributed by atoms with Gasteiger partial charge in [0.25, 0.3) is 0 Å². The fourth-order valence-corrected chi connectivity index (χ4v) is 1.77. The molecule has 0 aromatic rings. The Balaban J connectivity index is 4.15. The summed E-state index contributed by atoms with van der Waals surface area (Å²) in [5.74, 6) is 1.61. The molecule has 0 aliphatic carbocycles. The average molecular weight is 184 g/mol. The van der Waals surface area contributed by atoms with Crippen LogP contribution in [0.4, 0.5) is 0 Å². The molecule has 0 amide bonds. The Morgan fingerprint density at radius 2 is 1.69 bits per heavy atom. The molecule has 13 heavy (non-hydrogen) atoms. The van der Waals surface area contributed by atoms with Gasteiger partial charge < -0.3 is 0 Å². The van der Waals surface area contributed by atoms with E-state index in [4.69, 9.17) is 0 Å². The molecule has 0 aromatic carbocycles. The molecule has 1 nitrogen and oxygen atoms in total. The first kappa shape index (κ1) is 12.7. The van der Waals surface area contributed by atoms with Crippen molar-refractivity contribution in [2.24, 2.45) is 17.8 Å². The van der Waals surface area contributed by atoms with Gasteiger partial charge in [-0.2, -0.15) is 0 Å². The van der Waals surface area contributed by atoms with Gasteiger partial charge in [-0.15, -0.1) is 0 Å². The van der Waals surface area contributed by atoms with Crippen molar-refractivity contribution in [2.45, 2.75) is 53.9 Å². The topological polar surface area (TPSA) is 17.1 Å². The molecule has 0 bridgehead atoms. The third-order valence-electron chi connectivity index (χ3n) is 2.36. The van der Waals surface area contributed by atoms with Gasteiger partial charge in [0.15, 0.2) is 0 Å². The molecule has 1 atom stereocenters. The van der Waals surface area contributed by atoms with Gasteiger partial charge in [-0.3, -0.25) is 4.79 Å². The minimum atomic E-state index is 0.204. The minimum Gasteiger partial charge on any atom is -0.299 e. The lowest BCUT2D eigenvalue weighted by Gasteiger charge is -2.18. The lowest BCUT2D eigenvalue weighted by molar-refractivity contribution is -0.126. The monoisotopic (exact) mass is 184 g/mol. The Morgan fingerprint density at radius 1 is 1.15 bits per heavy atom. The molecule has 0 N–H and O–H groups in total. The zero-order chi connectivity index (χ0) is 10.4. The summed E-state index contributed by atoms with van der Waals surface area (Å²) < 4.78 is 0. The van der Waals surface area contributed by atoms with Crippen molar-refractivity contribution in [3.8, 4) is 0 Å². The summed E-state index contributed by atoms with van der Waals surface area (Å²) in [5, 5.41) is 0. The third kappa shape index (κ3) is 5.07. The highest BCUT2D eigenvalue weighted by atomic mass is 16.1. The van der Waals surface area contributed by atoms with Crippen LogP contribution in [-0.2, 0) is 4.79 Å². The van der Waals surface area contributed by atoms with E-state index >= 15 is 0 Å². The van der Waals surface area contributed by atoms with Crippen molar-refractivity contribution in [3.63, 3.8) is 0 Å². The molecule has 0 radical (unpaired) electrons. The molecule has 0 spiro atoms. The summed E-state index contributed by atoms with van der Waals surface area (Å²) in [6.45, 7) is 10.5. The van der Waals surface area contributed by atoms with Crippen molar-refractivity contribution < 1.29 is 4.79 Å². The van der Waals surface area contributed by atoms with Crippen LogP contribution in [0.5, 0.6) is 0 Å². The van der Waals surface area contributed by atoms with Gasteiger partial charge in [-0.05, 0) is 18.8 Å². The normalized spacial score (nSPS) is 13.8. The van der Waals surface area contributed by atoms with Crippen LogP contribution in [0.3, 0.4) is 0 Å². The summed E-state index contributed by atoms with van der Waals surface area (Å²) >= 11 is 0. The Morgan fingerprint density at radius 3 is 2.00 bits per heavy atom. The molecule has 1 heteroatoms. The predicted molar refractivity (Wildman–Crippen MR) is 57.7 cm³/mol. The molecule has 0 saturated heterocycles. The van der Waals surface area contributed by atoms with Crippen LogP contribution < -0.4 is 0 Å². The Labute approximate surface area is 82.9 Å². The second kappa shape index (κ2) is 6.17. The van der Waals surface area contributed by atoms with Crippen molar-refractivity contribution in [3.05, 3.63) is 0 Å². The number of Topliss-reactive ketones (excluding diaryl/α,β-unsaturated/α-hetero) is 1. The summed E-state index contributed by atoms with van der Waals surface area (Å²) in [6.07, 6.45) is 3.25. The predicted octanol–water partition coefficient (Wildman–Crippen LogP) is 3.67. The molecule has 0 unspecified atom stereocenters. The van der Waals surface area contributed by atoms with Crippen molar-refractivity contribution in [1.29, 1.82) is 0 Å². The number of ketones is 1. The third-order valence-corrected chi connectivity index (χ3v) is 2.36. The Hall–Kier alpha value is -0.330. The quantitative estimate of drug-likeness (QED) is 0.615. The fraction of sp³-hybridized carbons (Fsp3) is 0.917. The first-order valence-corrected chi connectivity index (χ1v) is 5.52. The zero-order valence-electron chi connectivity index (χ0n) is 9.76. The molecule has 0 heterocycles. The fourth-order valence-electron chi connectivity index (χ4n) is 1.77. The van der Waals surface area contributed by atoms with E-state index in [1.807, 2.05) is 13.8 Å². The SMILES string of the molecule is CCC[C@H](CC(C)C)C(=O)C(C)C. The van der Waals surface area contributed by atoms with E-state index in [1.54, 1.807) is 0 Å². The molecule has 0 aliphatic rings. The standard InChI is InChI=1S/C12H24O/c1-6-7-11(8-9(2)3)12(13)10(4)5/h9-11H,6-8H2,1-5H3/t11-/m1/s1. The van der Waals surface area contributed by atoms with E-state index in [9.17, 15) is 4.79 Å². The lowest BCUT2D eigenvalue weighted by atomic mass is 9.85. The van der Waals surface area contributed by atoms with Gasteiger partial charge in [-0.1, -0.05) is 41.0 Å². The number of rotatable bonds is 6. The number of hydrogen-bond acceptors (Lipinski definition) is 1. The van der Waals surface area contributed by atoms with Crippen molar-refractivity contribution >= 4 is 5.78 Å². The molecule has 0 fully saturated rings. The summed E-state index contributed by atoms with van der Waals surface area (Å²) in [5.41, 5.74) is 0. The highest BCUT2D eigenvalue weighted by molar-refractivity contribution is 5.82. The lowest BCUT2D eigenvalue weighted by Crippen LogP contribution is -2.21. The Kier molecular flexibility index (Phi) is 6.02. The molecule has 78 valence electrons. The van der Waals surface area contributed by atoms with Crippen LogP contribution >= 0.6 is 0 Å². The van der Waals surface area contributed by atoms with Crippen LogP contribution in [0.1, 0.15) is 53.9 Å². The largest absolute Gasteiger partial charge is 0.299 e. The van der Waals surface area contributed by atoms with Gasteiger partial charge in [0.05, 0.1) is 0 Å². The van der Waals surface area contributed by atoms with Gasteiger partial charge in [0, 0.05) is 11.8 Å². The highest BCUT2D eigenvalue weighted by Gasteiger charge is 2.20. The smallest absolute Gasteiger partial charge is 0.138 e.